The van der Waals surface area contributed by atoms with Crippen LogP contribution in [0.4, 0.5) is 13.2 Å². The van der Waals surface area contributed by atoms with Crippen LogP contribution in [0.5, 0.6) is 5.75 Å². The van der Waals surface area contributed by atoms with Gasteiger partial charge in [0.1, 0.15) is 25.5 Å². The fourth-order valence-corrected chi connectivity index (χ4v) is 5.79. The van der Waals surface area contributed by atoms with Gasteiger partial charge < -0.3 is 32.6 Å². The van der Waals surface area contributed by atoms with Gasteiger partial charge in [0.2, 0.25) is 0 Å². The summed E-state index contributed by atoms with van der Waals surface area (Å²) < 4.78 is 99.7. The number of carbonyl (C=O) groups is 3. The van der Waals surface area contributed by atoms with E-state index in [0.717, 1.165) is 50.7 Å². The van der Waals surface area contributed by atoms with Crippen LogP contribution in [-0.4, -0.2) is 89.9 Å². The predicted molar refractivity (Wildman–Crippen MR) is 174 cm³/mol. The highest BCUT2D eigenvalue weighted by atomic mass is 32.2. The van der Waals surface area contributed by atoms with Crippen molar-refractivity contribution in [3.8, 4) is 5.75 Å². The molecule has 1 aromatic carbocycles. The first-order valence-electron chi connectivity index (χ1n) is 16.3. The van der Waals surface area contributed by atoms with E-state index in [4.69, 9.17) is 23.3 Å². The molecule has 0 aromatic heterocycles. The van der Waals surface area contributed by atoms with Crippen molar-refractivity contribution in [3.63, 3.8) is 0 Å². The Morgan fingerprint density at radius 3 is 1.98 bits per heavy atom. The van der Waals surface area contributed by atoms with Gasteiger partial charge in [0.15, 0.2) is 6.10 Å². The van der Waals surface area contributed by atoms with Crippen LogP contribution in [0.25, 0.3) is 0 Å². The molecule has 2 atom stereocenters. The summed E-state index contributed by atoms with van der Waals surface area (Å²) in [5, 5.41) is 0. The summed E-state index contributed by atoms with van der Waals surface area (Å²) in [6.07, 6.45) is 4.93. The Morgan fingerprint density at radius 1 is 0.860 bits per heavy atom. The van der Waals surface area contributed by atoms with Crippen LogP contribution in [0.3, 0.4) is 0 Å². The molecule has 50 heavy (non-hydrogen) atoms. The van der Waals surface area contributed by atoms with Gasteiger partial charge >= 0.3 is 23.4 Å². The van der Waals surface area contributed by atoms with Gasteiger partial charge in [-0.1, -0.05) is 59.3 Å². The largest absolute Gasteiger partial charge is 0.756 e. The van der Waals surface area contributed by atoms with Crippen LogP contribution >= 0.6 is 7.82 Å². The van der Waals surface area contributed by atoms with E-state index < -0.39 is 70.7 Å². The fourth-order valence-electron chi connectivity index (χ4n) is 4.30. The highest BCUT2D eigenvalue weighted by molar-refractivity contribution is 7.92. The first-order valence-corrected chi connectivity index (χ1v) is 19.3. The number of phosphoric acid groups is 1. The van der Waals surface area contributed by atoms with E-state index in [2.05, 4.69) is 6.92 Å². The molecule has 0 aliphatic rings. The second kappa shape index (κ2) is 20.5. The Morgan fingerprint density at radius 2 is 1.42 bits per heavy atom. The smallest absolute Gasteiger partial charge is 0.501 e. The number of likely N-dealkylation sites (N-methyl/N-ethyl adjacent to an activating group) is 1. The van der Waals surface area contributed by atoms with E-state index in [1.165, 1.54) is 13.8 Å². The first-order chi connectivity index (χ1) is 23.0. The lowest BCUT2D eigenvalue weighted by molar-refractivity contribution is -0.870. The molecule has 0 fully saturated rings. The second-order valence-corrected chi connectivity index (χ2v) is 17.0. The Labute approximate surface area is 292 Å². The summed E-state index contributed by atoms with van der Waals surface area (Å²) in [6.45, 7) is 4.16. The average molecular weight is 762 g/mol. The first kappa shape index (κ1) is 45.5. The van der Waals surface area contributed by atoms with E-state index >= 15 is 0 Å². The molecule has 1 rings (SSSR count). The average Bonchev–Trinajstić information content (AvgIpc) is 2.96. The van der Waals surface area contributed by atoms with E-state index in [0.29, 0.717) is 29.6 Å². The van der Waals surface area contributed by atoms with E-state index in [1.807, 2.05) is 21.1 Å². The molecule has 1 aromatic rings. The van der Waals surface area contributed by atoms with Crippen molar-refractivity contribution in [2.24, 2.45) is 5.41 Å². The zero-order chi connectivity index (χ0) is 38.2. The van der Waals surface area contributed by atoms with Gasteiger partial charge in [0.25, 0.3) is 17.7 Å². The van der Waals surface area contributed by atoms with E-state index in [1.54, 1.807) is 0 Å². The van der Waals surface area contributed by atoms with Crippen molar-refractivity contribution >= 4 is 35.6 Å². The summed E-state index contributed by atoms with van der Waals surface area (Å²) in [7, 11) is -4.88. The summed E-state index contributed by atoms with van der Waals surface area (Å²) in [5.74, 6) is -2.55. The number of carbonyl (C=O) groups excluding carboxylic acids is 3. The highest BCUT2D eigenvalue weighted by Crippen LogP contribution is 2.38. The third-order valence-corrected chi connectivity index (χ3v) is 9.53. The molecular formula is C32H51F3NO12PS. The number of hydrogen-bond donors (Lipinski definition) is 0. The Bertz CT molecular complexity index is 1380. The molecule has 0 saturated carbocycles. The number of ether oxygens (including phenoxy) is 3. The van der Waals surface area contributed by atoms with Gasteiger partial charge in [-0.25, -0.2) is 8.42 Å². The highest BCUT2D eigenvalue weighted by Gasteiger charge is 2.46. The quantitative estimate of drug-likeness (QED) is 0.0427. The standard InChI is InChI=1S/C32H51F3NO12PS/c1-7-8-9-10-11-12-13-14-28(37)44-23-26(24-46-49(40,41)45-20-19-36(4,5)6)48-30(39)22-31(2,3)21-29(38)47-25-15-17-27(18-16-25)50(42,43)32(33,34)35/h15-18,26H,7-14,19-24H2,1-6H3. The summed E-state index contributed by atoms with van der Waals surface area (Å²) in [4.78, 5) is 49.1. The van der Waals surface area contributed by atoms with Crippen molar-refractivity contribution in [1.29, 1.82) is 0 Å². The zero-order valence-electron chi connectivity index (χ0n) is 29.6. The number of alkyl halides is 3. The lowest BCUT2D eigenvalue weighted by Crippen LogP contribution is -2.37. The Kier molecular flexibility index (Phi) is 18.6. The molecule has 0 radical (unpaired) electrons. The van der Waals surface area contributed by atoms with Crippen molar-refractivity contribution in [3.05, 3.63) is 24.3 Å². The Hall–Kier alpha value is -2.56. The molecule has 13 nitrogen and oxygen atoms in total. The number of quaternary nitrogens is 1. The van der Waals surface area contributed by atoms with Crippen LogP contribution in [0.1, 0.15) is 85.0 Å². The molecule has 0 aliphatic heterocycles. The van der Waals surface area contributed by atoms with Crippen LogP contribution in [0, 0.1) is 5.41 Å². The van der Waals surface area contributed by atoms with Crippen molar-refractivity contribution < 1.29 is 73.2 Å². The molecule has 288 valence electrons. The minimum absolute atomic E-state index is 0.125. The summed E-state index contributed by atoms with van der Waals surface area (Å²) >= 11 is 0. The fraction of sp³-hybridized carbons (Fsp3) is 0.719. The van der Waals surface area contributed by atoms with Crippen molar-refractivity contribution in [1.82, 2.24) is 0 Å². The van der Waals surface area contributed by atoms with Crippen LogP contribution in [0.15, 0.2) is 29.2 Å². The number of phosphoric ester groups is 1. The molecular weight excluding hydrogens is 710 g/mol. The lowest BCUT2D eigenvalue weighted by atomic mass is 9.86. The number of halogens is 3. The lowest BCUT2D eigenvalue weighted by Gasteiger charge is -2.29. The maximum absolute atomic E-state index is 12.9. The number of esters is 3. The SMILES string of the molecule is CCCCCCCCCC(=O)OCC(COP(=O)([O-])OCC[N+](C)(C)C)OC(=O)CC(C)(C)CC(=O)Oc1ccc(S(=O)(=O)C(F)(F)F)cc1. The Balaban J connectivity index is 2.80. The van der Waals surface area contributed by atoms with Crippen LogP contribution < -0.4 is 9.63 Å². The number of hydrogen-bond acceptors (Lipinski definition) is 12. The third kappa shape index (κ3) is 19.2. The molecule has 0 amide bonds. The summed E-state index contributed by atoms with van der Waals surface area (Å²) in [6, 6.07) is 3.07. The maximum atomic E-state index is 12.9. The van der Waals surface area contributed by atoms with Crippen LogP contribution in [-0.2, 0) is 47.3 Å². The molecule has 0 spiro atoms. The van der Waals surface area contributed by atoms with E-state index in [-0.39, 0.29) is 31.6 Å². The molecule has 0 N–H and O–H groups in total. The number of unbranched alkanes of at least 4 members (excludes halogenated alkanes) is 6. The van der Waals surface area contributed by atoms with Gasteiger partial charge in [-0.05, 0) is 36.1 Å². The van der Waals surface area contributed by atoms with Gasteiger partial charge in [-0.15, -0.1) is 0 Å². The normalized spacial score (nSPS) is 14.4. The van der Waals surface area contributed by atoms with Crippen molar-refractivity contribution in [2.75, 3.05) is 47.5 Å². The molecule has 0 bridgehead atoms. The minimum Gasteiger partial charge on any atom is -0.756 e. The predicted octanol–water partition coefficient (Wildman–Crippen LogP) is 5.50. The van der Waals surface area contributed by atoms with Gasteiger partial charge in [-0.2, -0.15) is 13.2 Å². The van der Waals surface area contributed by atoms with Gasteiger partial charge in [0, 0.05) is 6.42 Å². The molecule has 0 saturated heterocycles. The van der Waals surface area contributed by atoms with Crippen molar-refractivity contribution in [2.45, 2.75) is 101 Å². The second-order valence-electron chi connectivity index (χ2n) is 13.7. The monoisotopic (exact) mass is 761 g/mol. The number of benzene rings is 1. The number of sulfone groups is 1. The van der Waals surface area contributed by atoms with Gasteiger partial charge in [0.05, 0.1) is 45.5 Å². The van der Waals surface area contributed by atoms with Crippen LogP contribution in [0.2, 0.25) is 0 Å². The topological polar surface area (TPSA) is 172 Å². The van der Waals surface area contributed by atoms with E-state index in [9.17, 15) is 45.4 Å². The molecule has 0 aliphatic carbocycles. The molecule has 0 heterocycles. The number of rotatable bonds is 24. The minimum atomic E-state index is -5.58. The summed E-state index contributed by atoms with van der Waals surface area (Å²) in [5.41, 5.74) is -6.60. The maximum Gasteiger partial charge on any atom is 0.501 e. The third-order valence-electron chi connectivity index (χ3n) is 7.06. The molecule has 2 unspecified atom stereocenters. The van der Waals surface area contributed by atoms with Gasteiger partial charge in [-0.3, -0.25) is 18.9 Å². The zero-order valence-corrected chi connectivity index (χ0v) is 31.3. The number of nitrogens with zero attached hydrogens (tertiary/aromatic N) is 1. The molecule has 18 heteroatoms.